The molecule has 0 aliphatic carbocycles. The monoisotopic (exact) mass is 380 g/mol. The molecule has 0 fully saturated rings. The van der Waals surface area contributed by atoms with Gasteiger partial charge < -0.3 is 20.6 Å². The van der Waals surface area contributed by atoms with E-state index in [2.05, 4.69) is 24.9 Å². The summed E-state index contributed by atoms with van der Waals surface area (Å²) in [6.07, 6.45) is 4.53. The van der Waals surface area contributed by atoms with Crippen LogP contribution in [0.5, 0.6) is 5.75 Å². The molecule has 0 aliphatic heterocycles. The second-order valence-electron chi connectivity index (χ2n) is 7.23. The zero-order valence-electron chi connectivity index (χ0n) is 16.5. The summed E-state index contributed by atoms with van der Waals surface area (Å²) in [5.74, 6) is 0.342. The number of rotatable bonds is 9. The van der Waals surface area contributed by atoms with Gasteiger partial charge in [0.05, 0.1) is 12.3 Å². The van der Waals surface area contributed by atoms with E-state index in [1.54, 1.807) is 0 Å². The largest absolute Gasteiger partial charge is 0.490 e. The molecule has 1 heterocycles. The van der Waals surface area contributed by atoms with Crippen molar-refractivity contribution in [1.82, 2.24) is 4.98 Å². The fraction of sp³-hybridized carbons (Fsp3) is 0.348. The molecule has 1 aromatic heterocycles. The number of nitrogens with two attached hydrogens (primary N) is 1. The summed E-state index contributed by atoms with van der Waals surface area (Å²) in [7, 11) is 0. The molecule has 5 nitrogen and oxygen atoms in total. The van der Waals surface area contributed by atoms with Gasteiger partial charge >= 0.3 is 5.97 Å². The van der Waals surface area contributed by atoms with E-state index in [1.807, 2.05) is 36.5 Å². The van der Waals surface area contributed by atoms with E-state index < -0.39 is 5.97 Å². The van der Waals surface area contributed by atoms with Crippen molar-refractivity contribution in [2.75, 3.05) is 12.3 Å². The zero-order valence-corrected chi connectivity index (χ0v) is 16.5. The number of anilines is 1. The second kappa shape index (κ2) is 8.83. The van der Waals surface area contributed by atoms with Gasteiger partial charge in [-0.3, -0.25) is 4.79 Å². The van der Waals surface area contributed by atoms with E-state index in [1.165, 1.54) is 0 Å². The molecule has 3 aromatic rings. The number of aryl methyl sites for hydroxylation is 1. The lowest BCUT2D eigenvalue weighted by atomic mass is 9.97. The molecule has 2 aromatic carbocycles. The fourth-order valence-corrected chi connectivity index (χ4v) is 3.43. The number of nitrogen functional groups attached to an aromatic ring is 1. The zero-order chi connectivity index (χ0) is 20.1. The van der Waals surface area contributed by atoms with Crippen LogP contribution in [-0.2, 0) is 11.2 Å². The van der Waals surface area contributed by atoms with Crippen molar-refractivity contribution in [2.45, 2.75) is 39.5 Å². The van der Waals surface area contributed by atoms with Crippen molar-refractivity contribution in [3.8, 4) is 16.9 Å². The lowest BCUT2D eigenvalue weighted by Crippen LogP contribution is -2.12. The molecular formula is C23H28N2O3. The van der Waals surface area contributed by atoms with Crippen LogP contribution in [-0.4, -0.2) is 22.7 Å². The number of aliphatic carboxylic acids is 1. The van der Waals surface area contributed by atoms with E-state index in [4.69, 9.17) is 15.6 Å². The number of carboxylic acids is 1. The van der Waals surface area contributed by atoms with Crippen LogP contribution in [0.25, 0.3) is 22.0 Å². The minimum atomic E-state index is -0.817. The van der Waals surface area contributed by atoms with Crippen molar-refractivity contribution < 1.29 is 14.6 Å². The maximum absolute atomic E-state index is 11.0. The number of hydrogen-bond donors (Lipinski definition) is 3. The van der Waals surface area contributed by atoms with Gasteiger partial charge in [0.25, 0.3) is 0 Å². The van der Waals surface area contributed by atoms with Gasteiger partial charge in [-0.2, -0.15) is 0 Å². The van der Waals surface area contributed by atoms with Gasteiger partial charge in [0.2, 0.25) is 0 Å². The Kier molecular flexibility index (Phi) is 6.24. The van der Waals surface area contributed by atoms with E-state index in [0.29, 0.717) is 30.4 Å². The predicted octanol–water partition coefficient (Wildman–Crippen LogP) is 5.25. The van der Waals surface area contributed by atoms with Crippen LogP contribution in [0.2, 0.25) is 0 Å². The summed E-state index contributed by atoms with van der Waals surface area (Å²) in [6, 6.07) is 12.1. The van der Waals surface area contributed by atoms with Crippen LogP contribution in [0.3, 0.4) is 0 Å². The van der Waals surface area contributed by atoms with Crippen LogP contribution in [0.4, 0.5) is 5.69 Å². The van der Waals surface area contributed by atoms with Gasteiger partial charge in [0.1, 0.15) is 5.75 Å². The van der Waals surface area contributed by atoms with E-state index >= 15 is 0 Å². The van der Waals surface area contributed by atoms with Crippen molar-refractivity contribution in [3.05, 3.63) is 48.2 Å². The van der Waals surface area contributed by atoms with Gasteiger partial charge in [-0.15, -0.1) is 0 Å². The number of fused-ring (bicyclic) bond motifs is 1. The first-order valence-corrected chi connectivity index (χ1v) is 9.86. The Bertz CT molecular complexity index is 958. The van der Waals surface area contributed by atoms with Gasteiger partial charge in [0, 0.05) is 23.7 Å². The maximum Gasteiger partial charge on any atom is 0.303 e. The Morgan fingerprint density at radius 2 is 1.96 bits per heavy atom. The van der Waals surface area contributed by atoms with Gasteiger partial charge in [0.15, 0.2) is 0 Å². The molecule has 0 bridgehead atoms. The second-order valence-corrected chi connectivity index (χ2v) is 7.23. The van der Waals surface area contributed by atoms with Gasteiger partial charge in [-0.1, -0.05) is 32.8 Å². The molecule has 0 saturated heterocycles. The smallest absolute Gasteiger partial charge is 0.303 e. The van der Waals surface area contributed by atoms with Gasteiger partial charge in [-0.05, 0) is 59.2 Å². The molecule has 148 valence electrons. The summed E-state index contributed by atoms with van der Waals surface area (Å²) in [4.78, 5) is 14.2. The number of carboxylic acid groups (broad SMARTS) is 1. The quantitative estimate of drug-likeness (QED) is 0.442. The number of aromatic amines is 1. The molecule has 0 aliphatic rings. The number of hydrogen-bond acceptors (Lipinski definition) is 3. The summed E-state index contributed by atoms with van der Waals surface area (Å²) in [5, 5.41) is 10.1. The number of carbonyl (C=O) groups is 1. The Labute approximate surface area is 165 Å². The fourth-order valence-electron chi connectivity index (χ4n) is 3.43. The molecule has 3 rings (SSSR count). The topological polar surface area (TPSA) is 88.3 Å². The maximum atomic E-state index is 11.0. The molecule has 0 spiro atoms. The number of benzene rings is 2. The molecule has 0 saturated carbocycles. The van der Waals surface area contributed by atoms with Crippen molar-refractivity contribution in [3.63, 3.8) is 0 Å². The molecular weight excluding hydrogens is 352 g/mol. The normalized spacial score (nSPS) is 11.2. The lowest BCUT2D eigenvalue weighted by Gasteiger charge is -2.19. The highest BCUT2D eigenvalue weighted by molar-refractivity contribution is 5.88. The van der Waals surface area contributed by atoms with Crippen LogP contribution in [0.1, 0.15) is 38.7 Å². The summed E-state index contributed by atoms with van der Waals surface area (Å²) in [6.45, 7) is 4.94. The average molecular weight is 380 g/mol. The first kappa shape index (κ1) is 19.8. The third-order valence-electron chi connectivity index (χ3n) is 5.29. The molecule has 0 radical (unpaired) electrons. The minimum absolute atomic E-state index is 0.0731. The van der Waals surface area contributed by atoms with Crippen LogP contribution in [0.15, 0.2) is 42.6 Å². The summed E-state index contributed by atoms with van der Waals surface area (Å²) in [5.41, 5.74) is 10.8. The van der Waals surface area contributed by atoms with Crippen LogP contribution >= 0.6 is 0 Å². The SMILES string of the molecule is CCC(CC)COc1c(N)cc(CCC(=O)O)cc1-c1ccc2[nH]ccc2c1. The first-order valence-electron chi connectivity index (χ1n) is 9.86. The highest BCUT2D eigenvalue weighted by atomic mass is 16.5. The third-order valence-corrected chi connectivity index (χ3v) is 5.29. The third kappa shape index (κ3) is 4.47. The van der Waals surface area contributed by atoms with Crippen LogP contribution < -0.4 is 10.5 Å². The summed E-state index contributed by atoms with van der Waals surface area (Å²) < 4.78 is 6.19. The molecule has 5 heteroatoms. The molecule has 4 N–H and O–H groups in total. The first-order chi connectivity index (χ1) is 13.5. The van der Waals surface area contributed by atoms with E-state index in [0.717, 1.165) is 40.4 Å². The predicted molar refractivity (Wildman–Crippen MR) is 114 cm³/mol. The van der Waals surface area contributed by atoms with Crippen molar-refractivity contribution in [1.29, 1.82) is 0 Å². The lowest BCUT2D eigenvalue weighted by molar-refractivity contribution is -0.136. The van der Waals surface area contributed by atoms with Crippen molar-refractivity contribution in [2.24, 2.45) is 5.92 Å². The molecule has 0 amide bonds. The number of ether oxygens (including phenoxy) is 1. The van der Waals surface area contributed by atoms with Crippen LogP contribution in [0, 0.1) is 5.92 Å². The number of H-pyrrole nitrogens is 1. The standard InChI is InChI=1S/C23H28N2O3/c1-3-15(4-2)14-28-23-19(11-16(12-20(23)24)5-8-22(26)27)17-6-7-21-18(13-17)9-10-25-21/h6-7,9-13,15,25H,3-5,8,14,24H2,1-2H3,(H,26,27). The highest BCUT2D eigenvalue weighted by Gasteiger charge is 2.15. The Balaban J connectivity index is 2.02. The number of aromatic nitrogens is 1. The molecule has 0 atom stereocenters. The van der Waals surface area contributed by atoms with Gasteiger partial charge in [-0.25, -0.2) is 0 Å². The summed E-state index contributed by atoms with van der Waals surface area (Å²) >= 11 is 0. The average Bonchev–Trinajstić information content (AvgIpc) is 3.15. The Hall–Kier alpha value is -2.95. The minimum Gasteiger partial charge on any atom is -0.490 e. The molecule has 0 unspecified atom stereocenters. The Morgan fingerprint density at radius 1 is 1.18 bits per heavy atom. The Morgan fingerprint density at radius 3 is 2.68 bits per heavy atom. The van der Waals surface area contributed by atoms with Crippen molar-refractivity contribution >= 4 is 22.6 Å². The molecule has 28 heavy (non-hydrogen) atoms. The van der Waals surface area contributed by atoms with E-state index in [9.17, 15) is 4.79 Å². The number of nitrogens with one attached hydrogen (secondary N) is 1. The van der Waals surface area contributed by atoms with E-state index in [-0.39, 0.29) is 6.42 Å². The highest BCUT2D eigenvalue weighted by Crippen LogP contribution is 2.38.